The van der Waals surface area contributed by atoms with Crippen molar-refractivity contribution < 1.29 is 68.1 Å². The Kier molecular flexibility index (Phi) is 26.0. The molecule has 9 atom stereocenters. The van der Waals surface area contributed by atoms with E-state index in [2.05, 4.69) is 42.5 Å². The number of primary amides is 1. The molecule has 0 aliphatic heterocycles. The topological polar surface area (TPSA) is 397 Å². The number of nitrogens with one attached hydrogen (secondary N) is 8. The first-order chi connectivity index (χ1) is 29.2. The van der Waals surface area contributed by atoms with Crippen molar-refractivity contribution >= 4 is 65.1 Å². The van der Waals surface area contributed by atoms with Crippen molar-refractivity contribution in [3.8, 4) is 0 Å². The minimum absolute atomic E-state index is 0.0463. The molecule has 0 spiro atoms. The van der Waals surface area contributed by atoms with E-state index in [1.165, 1.54) is 6.92 Å². The Morgan fingerprint density at radius 1 is 0.540 bits per heavy atom. The van der Waals surface area contributed by atoms with Crippen LogP contribution in [-0.2, 0) is 52.7 Å². The van der Waals surface area contributed by atoms with Crippen LogP contribution in [0.2, 0.25) is 0 Å². The lowest BCUT2D eigenvalue weighted by molar-refractivity contribution is -0.142. The van der Waals surface area contributed by atoms with Crippen LogP contribution in [0.5, 0.6) is 0 Å². The molecular weight excluding hydrogens is 832 g/mol. The molecule has 63 heavy (non-hydrogen) atoms. The molecule has 24 nitrogen and oxygen atoms in total. The molecule has 24 heteroatoms. The summed E-state index contributed by atoms with van der Waals surface area (Å²) >= 11 is 0. The van der Waals surface area contributed by atoms with Gasteiger partial charge in [-0.25, -0.2) is 0 Å². The average molecular weight is 901 g/mol. The fourth-order valence-electron chi connectivity index (χ4n) is 5.80. The van der Waals surface area contributed by atoms with Crippen LogP contribution in [0.4, 0.5) is 0 Å². The molecule has 0 aliphatic rings. The highest BCUT2D eigenvalue weighted by molar-refractivity contribution is 5.97. The molecule has 9 amide bonds. The maximum absolute atomic E-state index is 13.7. The molecule has 9 unspecified atom stereocenters. The van der Waals surface area contributed by atoms with Gasteiger partial charge in [-0.1, -0.05) is 48.0 Å². The molecule has 0 heterocycles. The fourth-order valence-corrected chi connectivity index (χ4v) is 5.80. The van der Waals surface area contributed by atoms with Gasteiger partial charge in [0.1, 0.15) is 42.3 Å². The van der Waals surface area contributed by atoms with E-state index in [0.717, 1.165) is 6.92 Å². The van der Waals surface area contributed by atoms with Gasteiger partial charge in [0.25, 0.3) is 0 Å². The molecule has 0 saturated heterocycles. The van der Waals surface area contributed by atoms with Crippen LogP contribution >= 0.6 is 0 Å². The number of carbonyl (C=O) groups excluding carboxylic acids is 9. The summed E-state index contributed by atoms with van der Waals surface area (Å²) in [4.78, 5) is 139. The second kappa shape index (κ2) is 28.6. The average Bonchev–Trinajstić information content (AvgIpc) is 3.18. The summed E-state index contributed by atoms with van der Waals surface area (Å²) < 4.78 is 0. The number of aliphatic hydroxyl groups excluding tert-OH is 1. The van der Waals surface area contributed by atoms with Gasteiger partial charge < -0.3 is 69.3 Å². The van der Waals surface area contributed by atoms with Gasteiger partial charge in [0.2, 0.25) is 53.2 Å². The van der Waals surface area contributed by atoms with E-state index in [9.17, 15) is 57.8 Å². The third-order valence-corrected chi connectivity index (χ3v) is 9.50. The largest absolute Gasteiger partial charge is 0.481 e. The summed E-state index contributed by atoms with van der Waals surface area (Å²) in [6, 6.07) is -9.73. The van der Waals surface area contributed by atoms with Crippen molar-refractivity contribution in [1.29, 1.82) is 0 Å². The van der Waals surface area contributed by atoms with E-state index in [-0.39, 0.29) is 37.1 Å². The smallest absolute Gasteiger partial charge is 0.325 e. The molecule has 0 aliphatic carbocycles. The summed E-state index contributed by atoms with van der Waals surface area (Å²) in [5, 5.41) is 47.8. The molecule has 0 saturated carbocycles. The number of hydrogen-bond acceptors (Lipinski definition) is 13. The van der Waals surface area contributed by atoms with Crippen LogP contribution in [0.15, 0.2) is 0 Å². The number of carbonyl (C=O) groups is 11. The van der Waals surface area contributed by atoms with Crippen LogP contribution in [0.1, 0.15) is 100 Å². The van der Waals surface area contributed by atoms with Crippen molar-refractivity contribution in [3.05, 3.63) is 0 Å². The highest BCUT2D eigenvalue weighted by Crippen LogP contribution is 2.13. The van der Waals surface area contributed by atoms with E-state index >= 15 is 0 Å². The predicted octanol–water partition coefficient (Wildman–Crippen LogP) is -3.79. The van der Waals surface area contributed by atoms with Gasteiger partial charge in [0, 0.05) is 12.8 Å². The van der Waals surface area contributed by atoms with Gasteiger partial charge in [-0.15, -0.1) is 0 Å². The number of rotatable bonds is 30. The van der Waals surface area contributed by atoms with E-state index in [1.54, 1.807) is 20.8 Å². The summed E-state index contributed by atoms with van der Waals surface area (Å²) in [5.41, 5.74) is 10.6. The lowest BCUT2D eigenvalue weighted by atomic mass is 9.96. The first kappa shape index (κ1) is 57.1. The number of carboxylic acid groups (broad SMARTS) is 2. The molecule has 15 N–H and O–H groups in total. The Hall–Kier alpha value is -5.91. The van der Waals surface area contributed by atoms with Crippen LogP contribution in [0, 0.1) is 17.8 Å². The molecule has 0 aromatic heterocycles. The number of nitrogens with two attached hydrogens (primary N) is 2. The Bertz CT molecular complexity index is 1620. The monoisotopic (exact) mass is 900 g/mol. The third-order valence-electron chi connectivity index (χ3n) is 9.50. The lowest BCUT2D eigenvalue weighted by Gasteiger charge is -2.29. The minimum Gasteiger partial charge on any atom is -0.481 e. The van der Waals surface area contributed by atoms with Gasteiger partial charge in [-0.3, -0.25) is 52.7 Å². The van der Waals surface area contributed by atoms with Crippen molar-refractivity contribution in [2.75, 3.05) is 13.1 Å². The maximum Gasteiger partial charge on any atom is 0.325 e. The molecular formula is C39H68N10O14. The number of aliphatic hydroxyl groups is 1. The Balaban J connectivity index is 6.12. The summed E-state index contributed by atoms with van der Waals surface area (Å²) in [7, 11) is 0. The second-order valence-corrected chi connectivity index (χ2v) is 16.1. The predicted molar refractivity (Wildman–Crippen MR) is 224 cm³/mol. The van der Waals surface area contributed by atoms with Crippen molar-refractivity contribution in [2.24, 2.45) is 29.2 Å². The normalized spacial score (nSPS) is 15.4. The lowest BCUT2D eigenvalue weighted by Crippen LogP contribution is -2.61. The molecule has 358 valence electrons. The standard InChI is InChI=1S/C39H68N10O14/c1-9-20(6)31(48-28(52)16-40)38(61)47-25(14-18(2)3)35(58)46-26(15-19(4)5)36(59)49-32(22(8)50)37(60)42-17-29(53)44-23(10-12-27(41)51)34(57)45-24(11-13-30(54)55)33(56)43-21(7)39(62)63/h18-26,31-32,50H,9-17,40H2,1-8H3,(H2,41,51)(H,42,60)(H,43,56)(H,44,53)(H,45,57)(H,46,58)(H,47,61)(H,48,52)(H,49,59)(H,54,55)(H,62,63). The number of amides is 9. The zero-order valence-electron chi connectivity index (χ0n) is 37.2. The van der Waals surface area contributed by atoms with Crippen LogP contribution in [0.25, 0.3) is 0 Å². The fraction of sp³-hybridized carbons (Fsp3) is 0.718. The van der Waals surface area contributed by atoms with Gasteiger partial charge in [0.15, 0.2) is 0 Å². The van der Waals surface area contributed by atoms with Gasteiger partial charge >= 0.3 is 11.9 Å². The summed E-state index contributed by atoms with van der Waals surface area (Å²) in [5.74, 6) is -11.3. The quantitative estimate of drug-likeness (QED) is 0.0329. The van der Waals surface area contributed by atoms with Crippen LogP contribution < -0.4 is 54.0 Å². The van der Waals surface area contributed by atoms with E-state index in [1.807, 2.05) is 20.8 Å². The number of carboxylic acids is 2. The Labute approximate surface area is 366 Å². The highest BCUT2D eigenvalue weighted by Gasteiger charge is 2.35. The Morgan fingerprint density at radius 2 is 1.00 bits per heavy atom. The molecule has 0 radical (unpaired) electrons. The first-order valence-corrected chi connectivity index (χ1v) is 20.7. The van der Waals surface area contributed by atoms with Gasteiger partial charge in [-0.2, -0.15) is 0 Å². The SMILES string of the molecule is CCC(C)C(NC(=O)CN)C(=O)NC(CC(C)C)C(=O)NC(CC(C)C)C(=O)NC(C(=O)NCC(=O)NC(CCC(N)=O)C(=O)NC(CCC(=O)O)C(=O)NC(C)C(=O)O)C(C)O. The molecule has 0 aromatic rings. The van der Waals surface area contributed by atoms with Crippen LogP contribution in [-0.4, -0.2) is 142 Å². The van der Waals surface area contributed by atoms with Gasteiger partial charge in [-0.05, 0) is 57.3 Å². The number of hydrogen-bond donors (Lipinski definition) is 13. The van der Waals surface area contributed by atoms with E-state index in [0.29, 0.717) is 6.42 Å². The number of aliphatic carboxylic acids is 2. The maximum atomic E-state index is 13.7. The first-order valence-electron chi connectivity index (χ1n) is 20.7. The zero-order valence-corrected chi connectivity index (χ0v) is 37.2. The van der Waals surface area contributed by atoms with E-state index < -0.39 is 146 Å². The second-order valence-electron chi connectivity index (χ2n) is 16.1. The highest BCUT2D eigenvalue weighted by atomic mass is 16.4. The van der Waals surface area contributed by atoms with E-state index in [4.69, 9.17) is 21.7 Å². The summed E-state index contributed by atoms with van der Waals surface area (Å²) in [6.07, 6.45) is -2.83. The molecule has 0 fully saturated rings. The van der Waals surface area contributed by atoms with Gasteiger partial charge in [0.05, 0.1) is 19.2 Å². The third kappa shape index (κ3) is 22.7. The van der Waals surface area contributed by atoms with Crippen molar-refractivity contribution in [3.63, 3.8) is 0 Å². The minimum atomic E-state index is -1.69. The molecule has 0 bridgehead atoms. The Morgan fingerprint density at radius 3 is 1.46 bits per heavy atom. The van der Waals surface area contributed by atoms with Crippen molar-refractivity contribution in [1.82, 2.24) is 42.5 Å². The van der Waals surface area contributed by atoms with Crippen molar-refractivity contribution in [2.45, 2.75) is 149 Å². The zero-order chi connectivity index (χ0) is 48.7. The summed E-state index contributed by atoms with van der Waals surface area (Å²) in [6.45, 7) is 11.8. The molecule has 0 aromatic carbocycles. The molecule has 0 rings (SSSR count). The van der Waals surface area contributed by atoms with Crippen LogP contribution in [0.3, 0.4) is 0 Å².